The molecule has 0 bridgehead atoms. The zero-order chi connectivity index (χ0) is 36.7. The Morgan fingerprint density at radius 1 is 1.00 bits per heavy atom. The minimum atomic E-state index is -3.56. The van der Waals surface area contributed by atoms with E-state index in [4.69, 9.17) is 5.73 Å². The molecular weight excluding hydrogens is 662 g/mol. The topological polar surface area (TPSA) is 229 Å². The van der Waals surface area contributed by atoms with Crippen molar-refractivity contribution in [2.45, 2.75) is 127 Å². The van der Waals surface area contributed by atoms with Crippen LogP contribution in [0.4, 0.5) is 0 Å². The number of carbonyl (C=O) groups excluding carboxylic acids is 3. The van der Waals surface area contributed by atoms with Crippen LogP contribution in [0.1, 0.15) is 89.8 Å². The predicted molar refractivity (Wildman–Crippen MR) is 191 cm³/mol. The molecular formula is C35H57N7O7S. The molecule has 1 aromatic carbocycles. The molecule has 1 fully saturated rings. The number of rotatable bonds is 21. The van der Waals surface area contributed by atoms with E-state index >= 15 is 0 Å². The number of amides is 3. The average molecular weight is 720 g/mol. The van der Waals surface area contributed by atoms with Gasteiger partial charge in [0.05, 0.1) is 36.0 Å². The van der Waals surface area contributed by atoms with Crippen molar-refractivity contribution in [2.24, 2.45) is 11.7 Å². The molecule has 15 heteroatoms. The third-order valence-corrected chi connectivity index (χ3v) is 10.3. The van der Waals surface area contributed by atoms with E-state index in [2.05, 4.69) is 30.6 Å². The Kier molecular flexibility index (Phi) is 16.3. The fraction of sp³-hybridized carbons (Fsp3) is 0.657. The minimum absolute atomic E-state index is 0.0185. The summed E-state index contributed by atoms with van der Waals surface area (Å²) in [6.45, 7) is 4.90. The van der Waals surface area contributed by atoms with Crippen LogP contribution in [0.25, 0.3) is 0 Å². The molecule has 0 saturated heterocycles. The monoisotopic (exact) mass is 719 g/mol. The van der Waals surface area contributed by atoms with E-state index in [1.807, 2.05) is 30.3 Å². The van der Waals surface area contributed by atoms with Gasteiger partial charge >= 0.3 is 0 Å². The van der Waals surface area contributed by atoms with Gasteiger partial charge in [0, 0.05) is 44.0 Å². The maximum atomic E-state index is 14.0. The van der Waals surface area contributed by atoms with Crippen LogP contribution in [0.2, 0.25) is 0 Å². The van der Waals surface area contributed by atoms with Crippen molar-refractivity contribution >= 4 is 27.7 Å². The number of hydrogen-bond acceptors (Lipinski definition) is 9. The number of carbonyl (C=O) groups is 3. The van der Waals surface area contributed by atoms with Crippen molar-refractivity contribution in [1.82, 2.24) is 30.6 Å². The summed E-state index contributed by atoms with van der Waals surface area (Å²) >= 11 is 0. The Labute approximate surface area is 296 Å². The number of aromatic nitrogens is 2. The van der Waals surface area contributed by atoms with Crippen molar-refractivity contribution in [3.05, 3.63) is 54.1 Å². The molecule has 0 unspecified atom stereocenters. The zero-order valence-electron chi connectivity index (χ0n) is 29.6. The molecule has 9 N–H and O–H groups in total. The second-order valence-corrected chi connectivity index (χ2v) is 16.2. The van der Waals surface area contributed by atoms with Crippen LogP contribution >= 0.6 is 0 Å². The largest absolute Gasteiger partial charge is 0.392 e. The van der Waals surface area contributed by atoms with Gasteiger partial charge in [0.1, 0.15) is 12.1 Å². The number of nitrogens with zero attached hydrogens (tertiary/aromatic N) is 1. The number of sulfonamides is 1. The van der Waals surface area contributed by atoms with Crippen LogP contribution in [-0.2, 0) is 37.2 Å². The van der Waals surface area contributed by atoms with Crippen LogP contribution in [0.3, 0.4) is 0 Å². The van der Waals surface area contributed by atoms with Gasteiger partial charge in [0.2, 0.25) is 27.7 Å². The Hall–Kier alpha value is -3.37. The first-order chi connectivity index (χ1) is 23.6. The fourth-order valence-electron chi connectivity index (χ4n) is 6.28. The lowest BCUT2D eigenvalue weighted by molar-refractivity contribution is -0.133. The highest BCUT2D eigenvalue weighted by molar-refractivity contribution is 7.89. The van der Waals surface area contributed by atoms with Gasteiger partial charge in [-0.2, -0.15) is 0 Å². The summed E-state index contributed by atoms with van der Waals surface area (Å²) in [5.74, 6) is -1.39. The Morgan fingerprint density at radius 2 is 1.66 bits per heavy atom. The van der Waals surface area contributed by atoms with E-state index < -0.39 is 63.6 Å². The Morgan fingerprint density at radius 3 is 2.28 bits per heavy atom. The highest BCUT2D eigenvalue weighted by atomic mass is 32.2. The Bertz CT molecular complexity index is 1430. The quantitative estimate of drug-likeness (QED) is 0.0926. The standard InChI is InChI=1S/C35H57N7O7S/c1-4-15-50(48,49)39-22-27(43)19-31(44)28(16-24-11-7-5-8-12-24)41-34(47)30(18-26-21-37-23-38-26)42-33(46)29(17-25-13-9-6-10-14-25)40-32(45)20-35(2,3)36/h6,9-10,13-14,21,23-24,27-31,39,43-44H,4-5,7-8,11-12,15-20,22,36H2,1-3H3,(H,37,38)(H,40,45)(H,41,47)(H,42,46)/t27-,28+,29+,30+,31+/m1/s1. The van der Waals surface area contributed by atoms with Crippen molar-refractivity contribution in [3.63, 3.8) is 0 Å². The van der Waals surface area contributed by atoms with E-state index in [0.29, 0.717) is 18.5 Å². The molecule has 2 aromatic rings. The number of benzene rings is 1. The smallest absolute Gasteiger partial charge is 0.243 e. The fourth-order valence-corrected chi connectivity index (χ4v) is 7.41. The summed E-state index contributed by atoms with van der Waals surface area (Å²) in [7, 11) is -3.56. The summed E-state index contributed by atoms with van der Waals surface area (Å²) in [5, 5.41) is 30.6. The Balaban J connectivity index is 1.81. The molecule has 280 valence electrons. The summed E-state index contributed by atoms with van der Waals surface area (Å²) in [6, 6.07) is 6.27. The number of nitrogens with two attached hydrogens (primary N) is 1. The number of aliphatic hydroxyl groups excluding tert-OH is 2. The highest BCUT2D eigenvalue weighted by Gasteiger charge is 2.33. The van der Waals surface area contributed by atoms with Gasteiger partial charge in [-0.05, 0) is 38.2 Å². The first kappa shape index (κ1) is 41.1. The highest BCUT2D eigenvalue weighted by Crippen LogP contribution is 2.28. The van der Waals surface area contributed by atoms with E-state index in [9.17, 15) is 33.0 Å². The molecule has 1 aliphatic rings. The van der Waals surface area contributed by atoms with Crippen molar-refractivity contribution in [3.8, 4) is 0 Å². The molecule has 0 spiro atoms. The summed E-state index contributed by atoms with van der Waals surface area (Å²) < 4.78 is 26.6. The molecule has 0 radical (unpaired) electrons. The molecule has 3 amide bonds. The molecule has 1 aromatic heterocycles. The van der Waals surface area contributed by atoms with Crippen LogP contribution < -0.4 is 26.4 Å². The molecule has 0 aliphatic heterocycles. The third kappa shape index (κ3) is 15.3. The number of imidazole rings is 1. The van der Waals surface area contributed by atoms with Crippen molar-refractivity contribution in [2.75, 3.05) is 12.3 Å². The normalized spacial score (nSPS) is 17.2. The van der Waals surface area contributed by atoms with Gasteiger partial charge in [-0.25, -0.2) is 18.1 Å². The number of aromatic amines is 1. The third-order valence-electron chi connectivity index (χ3n) is 8.78. The molecule has 50 heavy (non-hydrogen) atoms. The second kappa shape index (κ2) is 19.9. The van der Waals surface area contributed by atoms with Gasteiger partial charge in [0.25, 0.3) is 0 Å². The number of hydrogen-bond donors (Lipinski definition) is 8. The van der Waals surface area contributed by atoms with Crippen LogP contribution in [-0.4, -0.2) is 94.5 Å². The van der Waals surface area contributed by atoms with E-state index in [1.165, 1.54) is 6.33 Å². The molecule has 1 heterocycles. The van der Waals surface area contributed by atoms with E-state index in [-0.39, 0.29) is 43.9 Å². The lowest BCUT2D eigenvalue weighted by Crippen LogP contribution is -2.58. The van der Waals surface area contributed by atoms with E-state index in [1.54, 1.807) is 27.0 Å². The average Bonchev–Trinajstić information content (AvgIpc) is 3.56. The number of nitrogens with one attached hydrogen (secondary N) is 5. The second-order valence-electron chi connectivity index (χ2n) is 14.3. The van der Waals surface area contributed by atoms with Crippen molar-refractivity contribution < 1.29 is 33.0 Å². The van der Waals surface area contributed by atoms with Crippen LogP contribution in [0, 0.1) is 5.92 Å². The predicted octanol–water partition coefficient (Wildman–Crippen LogP) is 1.19. The molecule has 14 nitrogen and oxygen atoms in total. The lowest BCUT2D eigenvalue weighted by atomic mass is 9.83. The number of H-pyrrole nitrogens is 1. The lowest BCUT2D eigenvalue weighted by Gasteiger charge is -2.32. The van der Waals surface area contributed by atoms with Gasteiger partial charge in [-0.1, -0.05) is 69.4 Å². The van der Waals surface area contributed by atoms with Gasteiger partial charge in [0.15, 0.2) is 0 Å². The molecule has 5 atom stereocenters. The first-order valence-electron chi connectivity index (χ1n) is 17.7. The van der Waals surface area contributed by atoms with Gasteiger partial charge in [-0.3, -0.25) is 14.4 Å². The van der Waals surface area contributed by atoms with Crippen LogP contribution in [0.15, 0.2) is 42.9 Å². The summed E-state index contributed by atoms with van der Waals surface area (Å²) in [4.78, 5) is 47.9. The van der Waals surface area contributed by atoms with Gasteiger partial charge in [-0.15, -0.1) is 0 Å². The van der Waals surface area contributed by atoms with Gasteiger partial charge < -0.3 is 36.9 Å². The molecule has 1 aliphatic carbocycles. The molecule has 3 rings (SSSR count). The maximum absolute atomic E-state index is 14.0. The maximum Gasteiger partial charge on any atom is 0.243 e. The first-order valence-corrected chi connectivity index (χ1v) is 19.3. The number of aliphatic hydroxyl groups is 2. The van der Waals surface area contributed by atoms with E-state index in [0.717, 1.165) is 37.7 Å². The van der Waals surface area contributed by atoms with Crippen molar-refractivity contribution in [1.29, 1.82) is 0 Å². The summed E-state index contributed by atoms with van der Waals surface area (Å²) in [6.07, 6.45) is 6.63. The summed E-state index contributed by atoms with van der Waals surface area (Å²) in [5.41, 5.74) is 6.58. The van der Waals surface area contributed by atoms with Crippen LogP contribution in [0.5, 0.6) is 0 Å². The molecule has 1 saturated carbocycles. The SMILES string of the molecule is CCCS(=O)(=O)NC[C@H](O)C[C@H](O)[C@H](CC1CCCCC1)NC(=O)[C@H](Cc1c[nH]cn1)NC(=O)[C@H](Cc1ccccc1)NC(=O)CC(C)(C)N. The zero-order valence-corrected chi connectivity index (χ0v) is 30.4. The minimum Gasteiger partial charge on any atom is -0.392 e.